The van der Waals surface area contributed by atoms with E-state index < -0.39 is 5.97 Å². The Morgan fingerprint density at radius 2 is 1.50 bits per heavy atom. The van der Waals surface area contributed by atoms with E-state index in [1.807, 2.05) is 62.4 Å². The molecule has 0 spiro atoms. The summed E-state index contributed by atoms with van der Waals surface area (Å²) in [5.41, 5.74) is 2.35. The number of hydrogen-bond donors (Lipinski definition) is 1. The molecule has 0 bridgehead atoms. The van der Waals surface area contributed by atoms with E-state index in [2.05, 4.69) is 4.98 Å². The zero-order valence-corrected chi connectivity index (χ0v) is 16.5. The number of hydrogen-bond acceptors (Lipinski definition) is 6. The van der Waals surface area contributed by atoms with Crippen molar-refractivity contribution in [3.8, 4) is 34.1 Å². The van der Waals surface area contributed by atoms with E-state index in [1.165, 1.54) is 0 Å². The molecule has 3 rings (SSSR count). The largest absolute Gasteiger partial charge is 0.494 e. The fourth-order valence-electron chi connectivity index (χ4n) is 2.62. The van der Waals surface area contributed by atoms with E-state index in [9.17, 15) is 4.79 Å². The number of carboxylic acids is 1. The van der Waals surface area contributed by atoms with Gasteiger partial charge in [0, 0.05) is 11.1 Å². The van der Waals surface area contributed by atoms with Crippen molar-refractivity contribution in [1.82, 2.24) is 4.98 Å². The minimum Gasteiger partial charge on any atom is -0.494 e. The summed E-state index contributed by atoms with van der Waals surface area (Å²) in [4.78, 5) is 15.4. The highest BCUT2D eigenvalue weighted by atomic mass is 32.2. The number of ether oxygens (including phenoxy) is 2. The number of aliphatic carboxylic acids is 1. The summed E-state index contributed by atoms with van der Waals surface area (Å²) < 4.78 is 16.9. The lowest BCUT2D eigenvalue weighted by Crippen LogP contribution is -1.97. The van der Waals surface area contributed by atoms with Gasteiger partial charge in [-0.05, 0) is 62.4 Å². The van der Waals surface area contributed by atoms with E-state index in [1.54, 1.807) is 0 Å². The second-order valence-electron chi connectivity index (χ2n) is 5.75. The quantitative estimate of drug-likeness (QED) is 0.508. The van der Waals surface area contributed by atoms with Crippen molar-refractivity contribution < 1.29 is 23.8 Å². The molecule has 6 nitrogen and oxygen atoms in total. The summed E-state index contributed by atoms with van der Waals surface area (Å²) in [7, 11) is 0. The highest BCUT2D eigenvalue weighted by Gasteiger charge is 2.18. The molecular formula is C21H21NO5S. The standard InChI is InChI=1S/C21H21NO5S/c1-3-25-16-9-5-14(6-10-16)19-20(27-21(22-19)28-13-18(23)24)15-7-11-17(12-8-15)26-4-2/h5-12H,3-4,13H2,1-2H3,(H,23,24). The van der Waals surface area contributed by atoms with Crippen LogP contribution >= 0.6 is 11.8 Å². The Hall–Kier alpha value is -2.93. The van der Waals surface area contributed by atoms with Crippen molar-refractivity contribution in [1.29, 1.82) is 0 Å². The first-order chi connectivity index (χ1) is 13.6. The summed E-state index contributed by atoms with van der Waals surface area (Å²) in [6.07, 6.45) is 0. The van der Waals surface area contributed by atoms with Crippen LogP contribution in [0.5, 0.6) is 11.5 Å². The summed E-state index contributed by atoms with van der Waals surface area (Å²) in [5.74, 6) is 1.09. The van der Waals surface area contributed by atoms with Gasteiger partial charge < -0.3 is 19.0 Å². The SMILES string of the molecule is CCOc1ccc(-c2nc(SCC(=O)O)oc2-c2ccc(OCC)cc2)cc1. The van der Waals surface area contributed by atoms with Crippen molar-refractivity contribution in [2.24, 2.45) is 0 Å². The van der Waals surface area contributed by atoms with Crippen molar-refractivity contribution in [3.05, 3.63) is 48.5 Å². The first-order valence-corrected chi connectivity index (χ1v) is 9.91. The molecule has 0 saturated heterocycles. The predicted molar refractivity (Wildman–Crippen MR) is 108 cm³/mol. The lowest BCUT2D eigenvalue weighted by molar-refractivity contribution is -0.133. The van der Waals surface area contributed by atoms with Gasteiger partial charge in [-0.25, -0.2) is 4.98 Å². The molecule has 7 heteroatoms. The van der Waals surface area contributed by atoms with Crippen LogP contribution in [-0.4, -0.2) is 35.0 Å². The van der Waals surface area contributed by atoms with Gasteiger partial charge in [0.2, 0.25) is 0 Å². The van der Waals surface area contributed by atoms with Crippen molar-refractivity contribution in [3.63, 3.8) is 0 Å². The van der Waals surface area contributed by atoms with Crippen LogP contribution < -0.4 is 9.47 Å². The summed E-state index contributed by atoms with van der Waals surface area (Å²) in [5, 5.41) is 9.24. The highest BCUT2D eigenvalue weighted by molar-refractivity contribution is 7.99. The second kappa shape index (κ2) is 9.32. The Bertz CT molecular complexity index is 852. The van der Waals surface area contributed by atoms with E-state index in [0.29, 0.717) is 29.9 Å². The van der Waals surface area contributed by atoms with Crippen LogP contribution in [-0.2, 0) is 4.79 Å². The molecular weight excluding hydrogens is 378 g/mol. The number of rotatable bonds is 9. The number of carboxylic acid groups (broad SMARTS) is 1. The monoisotopic (exact) mass is 399 g/mol. The Morgan fingerprint density at radius 1 is 0.964 bits per heavy atom. The molecule has 0 unspecified atom stereocenters. The van der Waals surface area contributed by atoms with Crippen LogP contribution in [0.1, 0.15) is 13.8 Å². The number of thioether (sulfide) groups is 1. The summed E-state index contributed by atoms with van der Waals surface area (Å²) in [6.45, 7) is 5.05. The molecule has 2 aromatic carbocycles. The van der Waals surface area contributed by atoms with E-state index in [0.717, 1.165) is 34.4 Å². The third-order valence-corrected chi connectivity index (χ3v) is 4.61. The third kappa shape index (κ3) is 4.86. The highest BCUT2D eigenvalue weighted by Crippen LogP contribution is 2.36. The number of carbonyl (C=O) groups is 1. The molecule has 1 heterocycles. The molecule has 0 aliphatic rings. The second-order valence-corrected chi connectivity index (χ2v) is 6.68. The van der Waals surface area contributed by atoms with E-state index in [-0.39, 0.29) is 5.75 Å². The molecule has 0 aliphatic heterocycles. The molecule has 0 radical (unpaired) electrons. The molecule has 0 atom stereocenters. The van der Waals surface area contributed by atoms with Gasteiger partial charge in [-0.15, -0.1) is 0 Å². The normalized spacial score (nSPS) is 10.6. The molecule has 0 saturated carbocycles. The Balaban J connectivity index is 1.97. The molecule has 28 heavy (non-hydrogen) atoms. The lowest BCUT2D eigenvalue weighted by Gasteiger charge is -2.06. The van der Waals surface area contributed by atoms with Crippen LogP contribution in [0, 0.1) is 0 Å². The van der Waals surface area contributed by atoms with Gasteiger partial charge >= 0.3 is 5.97 Å². The van der Waals surface area contributed by atoms with Crippen molar-refractivity contribution >= 4 is 17.7 Å². The van der Waals surface area contributed by atoms with Gasteiger partial charge in [-0.3, -0.25) is 4.79 Å². The number of benzene rings is 2. The fraction of sp³-hybridized carbons (Fsp3) is 0.238. The average molecular weight is 399 g/mol. The molecule has 146 valence electrons. The third-order valence-electron chi connectivity index (χ3n) is 3.79. The van der Waals surface area contributed by atoms with Crippen LogP contribution in [0.4, 0.5) is 0 Å². The molecule has 1 N–H and O–H groups in total. The van der Waals surface area contributed by atoms with Gasteiger partial charge in [0.15, 0.2) is 5.76 Å². The van der Waals surface area contributed by atoms with E-state index >= 15 is 0 Å². The van der Waals surface area contributed by atoms with Crippen molar-refractivity contribution in [2.45, 2.75) is 19.1 Å². The number of aromatic nitrogens is 1. The lowest BCUT2D eigenvalue weighted by atomic mass is 10.1. The minimum atomic E-state index is -0.923. The van der Waals surface area contributed by atoms with Gasteiger partial charge in [-0.1, -0.05) is 11.8 Å². The van der Waals surface area contributed by atoms with Gasteiger partial charge in [0.25, 0.3) is 5.22 Å². The van der Waals surface area contributed by atoms with Crippen LogP contribution in [0.25, 0.3) is 22.6 Å². The number of nitrogens with zero attached hydrogens (tertiary/aromatic N) is 1. The first-order valence-electron chi connectivity index (χ1n) is 8.92. The van der Waals surface area contributed by atoms with Gasteiger partial charge in [-0.2, -0.15) is 0 Å². The smallest absolute Gasteiger partial charge is 0.314 e. The predicted octanol–water partition coefficient (Wildman–Crippen LogP) is 4.98. The average Bonchev–Trinajstić information content (AvgIpc) is 3.12. The van der Waals surface area contributed by atoms with Crippen LogP contribution in [0.15, 0.2) is 58.2 Å². The first kappa shape index (κ1) is 19.8. The molecule has 0 aliphatic carbocycles. The molecule has 0 amide bonds. The van der Waals surface area contributed by atoms with Gasteiger partial charge in [0.05, 0.1) is 13.2 Å². The van der Waals surface area contributed by atoms with Crippen LogP contribution in [0.3, 0.4) is 0 Å². The zero-order valence-electron chi connectivity index (χ0n) is 15.7. The Labute approximate surface area is 167 Å². The number of oxazole rings is 1. The maximum absolute atomic E-state index is 10.9. The Kier molecular flexibility index (Phi) is 6.60. The van der Waals surface area contributed by atoms with Gasteiger partial charge in [0.1, 0.15) is 22.9 Å². The topological polar surface area (TPSA) is 81.8 Å². The van der Waals surface area contributed by atoms with E-state index in [4.69, 9.17) is 19.0 Å². The molecule has 0 fully saturated rings. The maximum Gasteiger partial charge on any atom is 0.314 e. The zero-order chi connectivity index (χ0) is 19.9. The Morgan fingerprint density at radius 3 is 2.00 bits per heavy atom. The summed E-state index contributed by atoms with van der Waals surface area (Å²) in [6, 6.07) is 15.1. The van der Waals surface area contributed by atoms with Crippen molar-refractivity contribution in [2.75, 3.05) is 19.0 Å². The fourth-order valence-corrected chi connectivity index (χ4v) is 3.17. The minimum absolute atomic E-state index is 0.119. The van der Waals surface area contributed by atoms with Crippen LogP contribution in [0.2, 0.25) is 0 Å². The molecule has 3 aromatic rings. The molecule has 1 aromatic heterocycles. The maximum atomic E-state index is 10.9. The summed E-state index contributed by atoms with van der Waals surface area (Å²) >= 11 is 1.05.